The highest BCUT2D eigenvalue weighted by Gasteiger charge is 2.11. The maximum atomic E-state index is 10.5. The molecule has 0 fully saturated rings. The first kappa shape index (κ1) is 7.85. The number of fused-ring (bicyclic) bond motifs is 1. The number of H-pyrrole nitrogens is 1. The average Bonchev–Trinajstić information content (AvgIpc) is 2.56. The minimum absolute atomic E-state index is 0.0325. The van der Waals surface area contributed by atoms with Gasteiger partial charge in [0.1, 0.15) is 5.65 Å². The van der Waals surface area contributed by atoms with E-state index in [1.165, 1.54) is 0 Å². The Morgan fingerprint density at radius 3 is 3.23 bits per heavy atom. The molecule has 0 aliphatic heterocycles. The van der Waals surface area contributed by atoms with Crippen LogP contribution in [0.15, 0.2) is 12.3 Å². The van der Waals surface area contributed by atoms with E-state index in [0.717, 1.165) is 11.0 Å². The number of nitrogens with one attached hydrogen (secondary N) is 1. The molecule has 0 saturated heterocycles. The summed E-state index contributed by atoms with van der Waals surface area (Å²) in [6.07, 6.45) is 1.74. The van der Waals surface area contributed by atoms with Gasteiger partial charge in [-0.1, -0.05) is 0 Å². The minimum atomic E-state index is -0.860. The number of aliphatic carboxylic acids is 1. The average molecular weight is 179 g/mol. The number of aromatic amines is 1. The predicted octanol–water partition coefficient (Wildman–Crippen LogP) is 0.529. The van der Waals surface area contributed by atoms with Gasteiger partial charge in [0.15, 0.2) is 0 Å². The number of aryl methyl sites for hydroxylation is 1. The van der Waals surface area contributed by atoms with Crippen LogP contribution in [0.2, 0.25) is 0 Å². The molecule has 68 valence electrons. The highest BCUT2D eigenvalue weighted by Crippen LogP contribution is 2.16. The number of rotatable bonds is 2. The standard InChI is InChI=1S/C8H9N3O2/c1-11-8-5(2-3-9-8)6(10-11)4-7(12)13/h2-3,9H,4H2,1H3,(H,12,13). The van der Waals surface area contributed by atoms with Crippen molar-refractivity contribution in [2.75, 3.05) is 0 Å². The minimum Gasteiger partial charge on any atom is -0.481 e. The van der Waals surface area contributed by atoms with Crippen molar-refractivity contribution >= 4 is 17.0 Å². The number of carboxylic acid groups (broad SMARTS) is 1. The molecule has 13 heavy (non-hydrogen) atoms. The Hall–Kier alpha value is -1.78. The summed E-state index contributed by atoms with van der Waals surface area (Å²) in [5, 5.41) is 13.6. The lowest BCUT2D eigenvalue weighted by Gasteiger charge is -1.88. The molecular formula is C8H9N3O2. The van der Waals surface area contributed by atoms with E-state index in [2.05, 4.69) is 10.1 Å². The van der Waals surface area contributed by atoms with Crippen molar-refractivity contribution in [1.29, 1.82) is 0 Å². The monoisotopic (exact) mass is 179 g/mol. The van der Waals surface area contributed by atoms with Gasteiger partial charge in [-0.3, -0.25) is 9.48 Å². The third-order valence-electron chi connectivity index (χ3n) is 1.95. The Kier molecular flexibility index (Phi) is 1.58. The summed E-state index contributed by atoms with van der Waals surface area (Å²) in [6, 6.07) is 1.83. The lowest BCUT2D eigenvalue weighted by atomic mass is 10.2. The highest BCUT2D eigenvalue weighted by atomic mass is 16.4. The van der Waals surface area contributed by atoms with E-state index in [4.69, 9.17) is 5.11 Å². The summed E-state index contributed by atoms with van der Waals surface area (Å²) in [5.74, 6) is -0.860. The van der Waals surface area contributed by atoms with Gasteiger partial charge in [0.05, 0.1) is 12.1 Å². The Balaban J connectivity index is 2.55. The Bertz CT molecular complexity index is 455. The van der Waals surface area contributed by atoms with Crippen LogP contribution >= 0.6 is 0 Å². The second-order valence-corrected chi connectivity index (χ2v) is 2.88. The molecule has 5 heteroatoms. The summed E-state index contributed by atoms with van der Waals surface area (Å²) >= 11 is 0. The molecule has 0 bridgehead atoms. The van der Waals surface area contributed by atoms with E-state index in [0.29, 0.717) is 5.69 Å². The molecule has 2 aromatic rings. The number of hydrogen-bond acceptors (Lipinski definition) is 2. The molecule has 0 aliphatic carbocycles. The molecule has 2 rings (SSSR count). The predicted molar refractivity (Wildman–Crippen MR) is 46.4 cm³/mol. The molecule has 0 atom stereocenters. The van der Waals surface area contributed by atoms with E-state index in [1.54, 1.807) is 17.9 Å². The number of hydrogen-bond donors (Lipinski definition) is 2. The molecule has 0 amide bonds. The molecule has 2 heterocycles. The van der Waals surface area contributed by atoms with Gasteiger partial charge in [-0.05, 0) is 6.07 Å². The van der Waals surface area contributed by atoms with Crippen molar-refractivity contribution in [2.24, 2.45) is 7.05 Å². The highest BCUT2D eigenvalue weighted by molar-refractivity contribution is 5.83. The third kappa shape index (κ3) is 1.18. The second kappa shape index (κ2) is 2.62. The van der Waals surface area contributed by atoms with Gasteiger partial charge in [-0.15, -0.1) is 0 Å². The SMILES string of the molecule is Cn1nc(CC(=O)O)c2cc[nH]c21. The molecule has 0 radical (unpaired) electrons. The van der Waals surface area contributed by atoms with Crippen LogP contribution < -0.4 is 0 Å². The van der Waals surface area contributed by atoms with Crippen LogP contribution in [-0.2, 0) is 18.3 Å². The summed E-state index contributed by atoms with van der Waals surface area (Å²) in [4.78, 5) is 13.5. The fraction of sp³-hybridized carbons (Fsp3) is 0.250. The van der Waals surface area contributed by atoms with E-state index in [9.17, 15) is 4.79 Å². The van der Waals surface area contributed by atoms with Gasteiger partial charge in [0.2, 0.25) is 0 Å². The van der Waals surface area contributed by atoms with Gasteiger partial charge in [0.25, 0.3) is 0 Å². The normalized spacial score (nSPS) is 10.8. The van der Waals surface area contributed by atoms with Crippen molar-refractivity contribution in [1.82, 2.24) is 14.8 Å². The second-order valence-electron chi connectivity index (χ2n) is 2.88. The van der Waals surface area contributed by atoms with Crippen molar-refractivity contribution in [3.05, 3.63) is 18.0 Å². The molecule has 2 N–H and O–H groups in total. The molecule has 0 unspecified atom stereocenters. The lowest BCUT2D eigenvalue weighted by Crippen LogP contribution is -2.01. The molecular weight excluding hydrogens is 170 g/mol. The van der Waals surface area contributed by atoms with Crippen LogP contribution in [-0.4, -0.2) is 25.8 Å². The third-order valence-corrected chi connectivity index (χ3v) is 1.95. The zero-order valence-corrected chi connectivity index (χ0v) is 7.11. The van der Waals surface area contributed by atoms with Gasteiger partial charge in [0, 0.05) is 18.6 Å². The van der Waals surface area contributed by atoms with Crippen molar-refractivity contribution < 1.29 is 9.90 Å². The first-order valence-electron chi connectivity index (χ1n) is 3.89. The van der Waals surface area contributed by atoms with Crippen LogP contribution in [0.3, 0.4) is 0 Å². The maximum absolute atomic E-state index is 10.5. The lowest BCUT2D eigenvalue weighted by molar-refractivity contribution is -0.136. The summed E-state index contributed by atoms with van der Waals surface area (Å²) < 4.78 is 1.65. The number of aromatic nitrogens is 3. The van der Waals surface area contributed by atoms with Crippen LogP contribution in [0.5, 0.6) is 0 Å². The van der Waals surface area contributed by atoms with E-state index in [-0.39, 0.29) is 6.42 Å². The van der Waals surface area contributed by atoms with Gasteiger partial charge in [-0.25, -0.2) is 0 Å². The van der Waals surface area contributed by atoms with Crippen molar-refractivity contribution in [2.45, 2.75) is 6.42 Å². The molecule has 0 aliphatic rings. The number of carboxylic acids is 1. The Labute approximate surface area is 74.0 Å². The van der Waals surface area contributed by atoms with Crippen LogP contribution in [0.25, 0.3) is 11.0 Å². The van der Waals surface area contributed by atoms with Crippen molar-refractivity contribution in [3.8, 4) is 0 Å². The van der Waals surface area contributed by atoms with Gasteiger partial charge in [-0.2, -0.15) is 5.10 Å². The smallest absolute Gasteiger partial charge is 0.309 e. The molecule has 0 saturated carbocycles. The van der Waals surface area contributed by atoms with Crippen LogP contribution in [0, 0.1) is 0 Å². The molecule has 5 nitrogen and oxygen atoms in total. The number of nitrogens with zero attached hydrogens (tertiary/aromatic N) is 2. The van der Waals surface area contributed by atoms with E-state index in [1.807, 2.05) is 6.07 Å². The van der Waals surface area contributed by atoms with Crippen molar-refractivity contribution in [3.63, 3.8) is 0 Å². The first-order valence-corrected chi connectivity index (χ1v) is 3.89. The van der Waals surface area contributed by atoms with Gasteiger partial charge < -0.3 is 10.1 Å². The number of carbonyl (C=O) groups is 1. The zero-order chi connectivity index (χ0) is 9.42. The fourth-order valence-corrected chi connectivity index (χ4v) is 1.42. The van der Waals surface area contributed by atoms with E-state index >= 15 is 0 Å². The summed E-state index contributed by atoms with van der Waals surface area (Å²) in [6.45, 7) is 0. The summed E-state index contributed by atoms with van der Waals surface area (Å²) in [5.41, 5.74) is 1.46. The van der Waals surface area contributed by atoms with Gasteiger partial charge >= 0.3 is 5.97 Å². The zero-order valence-electron chi connectivity index (χ0n) is 7.11. The Morgan fingerprint density at radius 2 is 2.54 bits per heavy atom. The largest absolute Gasteiger partial charge is 0.481 e. The Morgan fingerprint density at radius 1 is 1.77 bits per heavy atom. The van der Waals surface area contributed by atoms with Crippen LogP contribution in [0.4, 0.5) is 0 Å². The topological polar surface area (TPSA) is 70.9 Å². The fourth-order valence-electron chi connectivity index (χ4n) is 1.42. The summed E-state index contributed by atoms with van der Waals surface area (Å²) in [7, 11) is 1.78. The molecule has 0 spiro atoms. The molecule has 0 aromatic carbocycles. The quantitative estimate of drug-likeness (QED) is 0.706. The maximum Gasteiger partial charge on any atom is 0.309 e. The van der Waals surface area contributed by atoms with Crippen LogP contribution in [0.1, 0.15) is 5.69 Å². The molecule has 2 aromatic heterocycles. The van der Waals surface area contributed by atoms with E-state index < -0.39 is 5.97 Å². The first-order chi connectivity index (χ1) is 6.18.